The van der Waals surface area contributed by atoms with Crippen LogP contribution in [0.3, 0.4) is 0 Å². The lowest BCUT2D eigenvalue weighted by Crippen LogP contribution is -2.18. The van der Waals surface area contributed by atoms with E-state index in [0.29, 0.717) is 11.3 Å². The van der Waals surface area contributed by atoms with Gasteiger partial charge in [0.15, 0.2) is 0 Å². The second-order valence-electron chi connectivity index (χ2n) is 3.90. The maximum absolute atomic E-state index is 11.7. The Morgan fingerprint density at radius 1 is 1.32 bits per heavy atom. The molecule has 3 N–H and O–H groups in total. The highest BCUT2D eigenvalue weighted by Crippen LogP contribution is 2.11. The summed E-state index contributed by atoms with van der Waals surface area (Å²) in [5.74, 6) is -0.233. The minimum absolute atomic E-state index is 0.233. The van der Waals surface area contributed by atoms with Gasteiger partial charge in [-0.15, -0.1) is 0 Å². The molecule has 0 spiro atoms. The molecule has 0 aliphatic rings. The van der Waals surface area contributed by atoms with E-state index in [1.807, 2.05) is 0 Å². The van der Waals surface area contributed by atoms with Crippen molar-refractivity contribution in [1.82, 2.24) is 9.55 Å². The van der Waals surface area contributed by atoms with Crippen molar-refractivity contribution in [3.05, 3.63) is 48.5 Å². The van der Waals surface area contributed by atoms with Crippen LogP contribution in [0.5, 0.6) is 0 Å². The molecule has 1 aromatic carbocycles. The Labute approximate surface area is 110 Å². The highest BCUT2D eigenvalue weighted by Gasteiger charge is 2.06. The summed E-state index contributed by atoms with van der Waals surface area (Å²) >= 11 is 0. The molecule has 1 amide bonds. The lowest BCUT2D eigenvalue weighted by atomic mass is 10.2. The van der Waals surface area contributed by atoms with E-state index in [2.05, 4.69) is 10.3 Å². The second kappa shape index (κ2) is 5.21. The van der Waals surface area contributed by atoms with E-state index < -0.39 is 10.0 Å². The molecule has 1 heterocycles. The van der Waals surface area contributed by atoms with Crippen LogP contribution in [0.15, 0.2) is 43.0 Å². The minimum atomic E-state index is -3.55. The Morgan fingerprint density at radius 2 is 2.00 bits per heavy atom. The molecule has 1 aromatic heterocycles. The first-order valence-electron chi connectivity index (χ1n) is 5.33. The highest BCUT2D eigenvalue weighted by molar-refractivity contribution is 7.88. The molecular weight excluding hydrogens is 268 g/mol. The number of rotatable bonds is 3. The van der Waals surface area contributed by atoms with E-state index in [0.717, 1.165) is 0 Å². The Bertz CT molecular complexity index is 662. The smallest absolute Gasteiger partial charge is 0.307 e. The number of anilines is 1. The third-order valence-corrected chi connectivity index (χ3v) is 3.05. The van der Waals surface area contributed by atoms with Crippen LogP contribution in [-0.4, -0.2) is 24.0 Å². The number of imidazole rings is 1. The van der Waals surface area contributed by atoms with Crippen LogP contribution < -0.4 is 10.5 Å². The number of carbonyl (C=O) groups is 1. The molecule has 100 valence electrons. The molecule has 0 atom stereocenters. The first-order chi connectivity index (χ1) is 8.94. The normalized spacial score (nSPS) is 11.2. The van der Waals surface area contributed by atoms with Gasteiger partial charge in [0, 0.05) is 18.1 Å². The summed E-state index contributed by atoms with van der Waals surface area (Å²) in [5, 5.41) is 7.58. The molecule has 2 aromatic rings. The third kappa shape index (κ3) is 3.90. The van der Waals surface area contributed by atoms with Crippen molar-refractivity contribution in [3.63, 3.8) is 0 Å². The van der Waals surface area contributed by atoms with E-state index in [1.165, 1.54) is 23.3 Å². The van der Waals surface area contributed by atoms with Crippen LogP contribution in [0.4, 0.5) is 10.5 Å². The van der Waals surface area contributed by atoms with Gasteiger partial charge in [0.05, 0.1) is 5.75 Å². The van der Waals surface area contributed by atoms with Crippen molar-refractivity contribution >= 4 is 21.7 Å². The molecule has 0 aliphatic heterocycles. The van der Waals surface area contributed by atoms with Crippen LogP contribution in [0.25, 0.3) is 0 Å². The zero-order chi connectivity index (χ0) is 13.9. The number of benzene rings is 1. The highest BCUT2D eigenvalue weighted by atomic mass is 32.2. The average Bonchev–Trinajstić information content (AvgIpc) is 2.83. The van der Waals surface area contributed by atoms with Crippen molar-refractivity contribution in [2.45, 2.75) is 5.75 Å². The summed E-state index contributed by atoms with van der Waals surface area (Å²) in [6, 6.07) is 6.05. The van der Waals surface area contributed by atoms with Gasteiger partial charge in [-0.05, 0) is 17.7 Å². The zero-order valence-corrected chi connectivity index (χ0v) is 10.7. The molecule has 7 nitrogen and oxygen atoms in total. The summed E-state index contributed by atoms with van der Waals surface area (Å²) in [7, 11) is -3.55. The minimum Gasteiger partial charge on any atom is -0.307 e. The van der Waals surface area contributed by atoms with Crippen LogP contribution >= 0.6 is 0 Å². The summed E-state index contributed by atoms with van der Waals surface area (Å²) in [6.07, 6.45) is 4.39. The summed E-state index contributed by atoms with van der Waals surface area (Å²) in [6.45, 7) is 0. The molecule has 2 rings (SSSR count). The van der Waals surface area contributed by atoms with Gasteiger partial charge < -0.3 is 5.32 Å². The third-order valence-electron chi connectivity index (χ3n) is 2.31. The average molecular weight is 280 g/mol. The topological polar surface area (TPSA) is 107 Å². The van der Waals surface area contributed by atoms with Gasteiger partial charge in [-0.1, -0.05) is 12.1 Å². The fourth-order valence-electron chi connectivity index (χ4n) is 1.48. The number of carbonyl (C=O) groups excluding carboxylic acids is 1. The molecule has 0 fully saturated rings. The van der Waals surface area contributed by atoms with Crippen LogP contribution in [-0.2, 0) is 15.8 Å². The number of aromatic nitrogens is 2. The Kier molecular flexibility index (Phi) is 3.63. The molecule has 19 heavy (non-hydrogen) atoms. The van der Waals surface area contributed by atoms with Gasteiger partial charge in [0.25, 0.3) is 0 Å². The van der Waals surface area contributed by atoms with Crippen LogP contribution in [0.2, 0.25) is 0 Å². The van der Waals surface area contributed by atoms with Crippen molar-refractivity contribution < 1.29 is 13.2 Å². The van der Waals surface area contributed by atoms with E-state index in [9.17, 15) is 13.2 Å². The standard InChI is InChI=1S/C11H12N4O3S/c12-19(17,18)7-9-1-3-10(4-2-9)14-11(16)15-6-5-13-8-15/h1-6,8H,7H2,(H,14,16)(H2,12,17,18). The molecule has 0 aliphatic carbocycles. The number of hydrogen-bond acceptors (Lipinski definition) is 4. The fourth-order valence-corrected chi connectivity index (χ4v) is 2.14. The number of nitrogens with zero attached hydrogens (tertiary/aromatic N) is 2. The number of hydrogen-bond donors (Lipinski definition) is 2. The van der Waals surface area contributed by atoms with Gasteiger partial charge >= 0.3 is 6.03 Å². The predicted octanol–water partition coefficient (Wildman–Crippen LogP) is 0.752. The van der Waals surface area contributed by atoms with Crippen LogP contribution in [0, 0.1) is 0 Å². The monoisotopic (exact) mass is 280 g/mol. The summed E-state index contributed by atoms with van der Waals surface area (Å²) in [4.78, 5) is 15.4. The second-order valence-corrected chi connectivity index (χ2v) is 5.52. The summed E-state index contributed by atoms with van der Waals surface area (Å²) in [5.41, 5.74) is 1.11. The number of nitrogens with one attached hydrogen (secondary N) is 1. The van der Waals surface area contributed by atoms with Crippen molar-refractivity contribution in [2.24, 2.45) is 5.14 Å². The van der Waals surface area contributed by atoms with E-state index in [-0.39, 0.29) is 11.8 Å². The Balaban J connectivity index is 2.05. The lowest BCUT2D eigenvalue weighted by Gasteiger charge is -2.06. The zero-order valence-electron chi connectivity index (χ0n) is 9.85. The maximum Gasteiger partial charge on any atom is 0.331 e. The number of sulfonamides is 1. The van der Waals surface area contributed by atoms with Gasteiger partial charge in [-0.25, -0.2) is 23.3 Å². The molecule has 8 heteroatoms. The van der Waals surface area contributed by atoms with E-state index in [1.54, 1.807) is 24.3 Å². The number of primary sulfonamides is 1. The largest absolute Gasteiger partial charge is 0.331 e. The van der Waals surface area contributed by atoms with Gasteiger partial charge in [-0.2, -0.15) is 0 Å². The molecule has 0 radical (unpaired) electrons. The quantitative estimate of drug-likeness (QED) is 0.865. The van der Waals surface area contributed by atoms with Crippen molar-refractivity contribution in [1.29, 1.82) is 0 Å². The lowest BCUT2D eigenvalue weighted by molar-refractivity contribution is 0.253. The Hall–Kier alpha value is -2.19. The number of amides is 1. The molecule has 0 saturated carbocycles. The first kappa shape index (κ1) is 13.2. The SMILES string of the molecule is NS(=O)(=O)Cc1ccc(NC(=O)n2ccnc2)cc1. The van der Waals surface area contributed by atoms with Gasteiger partial charge in [0.2, 0.25) is 10.0 Å². The van der Waals surface area contributed by atoms with E-state index >= 15 is 0 Å². The molecule has 0 unspecified atom stereocenters. The van der Waals surface area contributed by atoms with Crippen LogP contribution in [0.1, 0.15) is 5.56 Å². The van der Waals surface area contributed by atoms with Crippen molar-refractivity contribution in [2.75, 3.05) is 5.32 Å². The van der Waals surface area contributed by atoms with Gasteiger partial charge in [0.1, 0.15) is 6.33 Å². The predicted molar refractivity (Wildman–Crippen MR) is 69.9 cm³/mol. The first-order valence-corrected chi connectivity index (χ1v) is 7.04. The molecule has 0 bridgehead atoms. The molecular formula is C11H12N4O3S. The number of nitrogens with two attached hydrogens (primary N) is 1. The Morgan fingerprint density at radius 3 is 2.53 bits per heavy atom. The maximum atomic E-state index is 11.7. The summed E-state index contributed by atoms with van der Waals surface area (Å²) < 4.78 is 23.1. The molecule has 0 saturated heterocycles. The van der Waals surface area contributed by atoms with Gasteiger partial charge in [-0.3, -0.25) is 4.57 Å². The fraction of sp³-hybridized carbons (Fsp3) is 0.0909. The van der Waals surface area contributed by atoms with E-state index in [4.69, 9.17) is 5.14 Å². The van der Waals surface area contributed by atoms with Crippen molar-refractivity contribution in [3.8, 4) is 0 Å².